The Labute approximate surface area is 266 Å². The Morgan fingerprint density at radius 2 is 1.07 bits per heavy atom. The quantitative estimate of drug-likeness (QED) is 0.181. The van der Waals surface area contributed by atoms with Gasteiger partial charge in [-0.1, -0.05) is 0 Å². The number of hydrogen-bond donors (Lipinski definition) is 0. The van der Waals surface area contributed by atoms with E-state index < -0.39 is 15.7 Å². The van der Waals surface area contributed by atoms with Crippen molar-refractivity contribution in [2.24, 2.45) is 0 Å². The van der Waals surface area contributed by atoms with E-state index in [1.807, 2.05) is 0 Å². The molecule has 0 amide bonds. The van der Waals surface area contributed by atoms with Crippen LogP contribution in [-0.2, 0) is 26.5 Å². The topological polar surface area (TPSA) is 0 Å². The van der Waals surface area contributed by atoms with Crippen LogP contribution in [0, 0.1) is 0 Å². The predicted molar refractivity (Wildman–Crippen MR) is 186 cm³/mol. The molecule has 0 aromatic heterocycles. The summed E-state index contributed by atoms with van der Waals surface area (Å²) in [5, 5.41) is 0. The maximum absolute atomic E-state index is 8.75. The van der Waals surface area contributed by atoms with Crippen molar-refractivity contribution >= 4 is 20.4 Å². The SMILES string of the molecule is CC1=C[CH]([Hf]([Cl])([Cl])(=[C](c2ccccc2)c2ccccc2)[CH]2c3cc(C(C)(C)C)ccc3-c3ccc(C(C)(C)C)cc32)C=C1. The molecular formula is C40H42Cl2Hf. The molecule has 0 saturated carbocycles. The summed E-state index contributed by atoms with van der Waals surface area (Å²) in [6.07, 6.45) is 6.86. The molecule has 4 aromatic carbocycles. The molecule has 1 unspecified atom stereocenters. The summed E-state index contributed by atoms with van der Waals surface area (Å²) >= 11 is -5.53. The number of allylic oxidation sites excluding steroid dienone is 4. The minimum absolute atomic E-state index is 0.00882. The van der Waals surface area contributed by atoms with Gasteiger partial charge in [0.05, 0.1) is 0 Å². The number of halogens is 2. The minimum atomic E-state index is -5.53. The zero-order valence-electron chi connectivity index (χ0n) is 26.4. The van der Waals surface area contributed by atoms with Crippen molar-refractivity contribution in [3.63, 3.8) is 0 Å². The molecule has 43 heavy (non-hydrogen) atoms. The molecule has 1 atom stereocenters. The molecule has 0 fully saturated rings. The Balaban J connectivity index is 1.85. The van der Waals surface area contributed by atoms with Crippen LogP contribution in [0.1, 0.15) is 85.5 Å². The van der Waals surface area contributed by atoms with E-state index in [1.54, 1.807) is 0 Å². The first-order chi connectivity index (χ1) is 20.2. The molecule has 0 heterocycles. The first kappa shape index (κ1) is 30.7. The standard InChI is InChI=1S/C21H25.C13H10.C6H7.2ClH.Hf/c1-20(2,3)16-7-9-18-14(12-16)11-15-13-17(21(4,5)6)8-10-19(15)18;1-3-7-12(8-4-1)11-13-9-5-2-6-10-13;1-6-4-2-3-5-6;;;/h7-13H,1-6H3;1-10H;2-5H,1H3;2*1H;/q;;;;;+2/p-2. The molecule has 0 bridgehead atoms. The van der Waals surface area contributed by atoms with Crippen molar-refractivity contribution in [3.05, 3.63) is 154 Å². The average Bonchev–Trinajstić information content (AvgIpc) is 3.55. The molecule has 0 aliphatic heterocycles. The normalized spacial score (nSPS) is 17.1. The third-order valence-electron chi connectivity index (χ3n) is 9.50. The molecule has 220 valence electrons. The number of hydrogen-bond acceptors (Lipinski definition) is 0. The Hall–Kier alpha value is -2.32. The van der Waals surface area contributed by atoms with E-state index in [0.717, 1.165) is 14.4 Å². The maximum atomic E-state index is 8.75. The van der Waals surface area contributed by atoms with Crippen LogP contribution in [0.25, 0.3) is 11.1 Å². The van der Waals surface area contributed by atoms with Gasteiger partial charge in [0.1, 0.15) is 0 Å². The van der Waals surface area contributed by atoms with Crippen molar-refractivity contribution in [2.45, 2.75) is 66.6 Å². The van der Waals surface area contributed by atoms with Crippen LogP contribution in [-0.4, -0.2) is 3.26 Å². The van der Waals surface area contributed by atoms with Crippen molar-refractivity contribution < 1.29 is 15.7 Å². The van der Waals surface area contributed by atoms with Crippen molar-refractivity contribution in [2.75, 3.05) is 0 Å². The van der Waals surface area contributed by atoms with E-state index in [0.29, 0.717) is 0 Å². The first-order valence-electron chi connectivity index (χ1n) is 15.4. The molecular weight excluding hydrogens is 730 g/mol. The summed E-state index contributed by atoms with van der Waals surface area (Å²) in [7, 11) is 17.5. The fourth-order valence-electron chi connectivity index (χ4n) is 7.17. The zero-order valence-corrected chi connectivity index (χ0v) is 31.5. The number of fused-ring (bicyclic) bond motifs is 3. The van der Waals surface area contributed by atoms with E-state index >= 15 is 0 Å². The molecule has 4 aromatic rings. The average molecular weight is 772 g/mol. The van der Waals surface area contributed by atoms with E-state index in [1.165, 1.54) is 39.0 Å². The van der Waals surface area contributed by atoms with Crippen molar-refractivity contribution in [1.82, 2.24) is 0 Å². The summed E-state index contributed by atoms with van der Waals surface area (Å²) in [5.41, 5.74) is 11.2. The van der Waals surface area contributed by atoms with Crippen molar-refractivity contribution in [3.8, 4) is 11.1 Å². The van der Waals surface area contributed by atoms with Crippen LogP contribution < -0.4 is 0 Å². The van der Waals surface area contributed by atoms with Crippen LogP contribution in [0.5, 0.6) is 0 Å². The van der Waals surface area contributed by atoms with Crippen molar-refractivity contribution in [1.29, 1.82) is 0 Å². The number of benzene rings is 4. The molecule has 3 heteroatoms. The Bertz CT molecular complexity index is 1730. The molecule has 2 aliphatic carbocycles. The second-order valence-corrected chi connectivity index (χ2v) is 44.1. The van der Waals surface area contributed by atoms with Gasteiger partial charge >= 0.3 is 268 Å². The van der Waals surface area contributed by atoms with Gasteiger partial charge in [-0.2, -0.15) is 0 Å². The first-order valence-corrected chi connectivity index (χ1v) is 30.3. The third-order valence-corrected chi connectivity index (χ3v) is 37.5. The van der Waals surface area contributed by atoms with Gasteiger partial charge in [-0.25, -0.2) is 0 Å². The van der Waals surface area contributed by atoms with Gasteiger partial charge in [0.15, 0.2) is 0 Å². The van der Waals surface area contributed by atoms with Crippen LogP contribution in [0.2, 0.25) is 3.67 Å². The molecule has 6 rings (SSSR count). The Kier molecular flexibility index (Phi) is 7.60. The molecule has 2 aliphatic rings. The molecule has 0 spiro atoms. The van der Waals surface area contributed by atoms with Crippen LogP contribution in [0.15, 0.2) is 121 Å². The molecule has 0 saturated heterocycles. The predicted octanol–water partition coefficient (Wildman–Crippen LogP) is 11.9. The van der Waals surface area contributed by atoms with Crippen LogP contribution >= 0.6 is 17.2 Å². The fourth-order valence-corrected chi connectivity index (χ4v) is 35.1. The summed E-state index contributed by atoms with van der Waals surface area (Å²) in [6, 6.07) is 35.5. The van der Waals surface area contributed by atoms with Crippen LogP contribution in [0.3, 0.4) is 0 Å². The van der Waals surface area contributed by atoms with Gasteiger partial charge in [0, 0.05) is 0 Å². The van der Waals surface area contributed by atoms with E-state index in [-0.39, 0.29) is 18.2 Å². The summed E-state index contributed by atoms with van der Waals surface area (Å²) in [5.74, 6) is 0. The Morgan fingerprint density at radius 3 is 1.44 bits per heavy atom. The second kappa shape index (κ2) is 10.6. The van der Waals surface area contributed by atoms with E-state index in [9.17, 15) is 0 Å². The summed E-state index contributed by atoms with van der Waals surface area (Å²) in [6.45, 7) is 15.9. The van der Waals surface area contributed by atoms with E-state index in [2.05, 4.69) is 164 Å². The van der Waals surface area contributed by atoms with Gasteiger partial charge < -0.3 is 0 Å². The molecule has 0 nitrogen and oxygen atoms in total. The molecule has 0 N–H and O–H groups in total. The van der Waals surface area contributed by atoms with Gasteiger partial charge in [-0.3, -0.25) is 0 Å². The van der Waals surface area contributed by atoms with Gasteiger partial charge in [0.25, 0.3) is 0 Å². The van der Waals surface area contributed by atoms with Crippen LogP contribution in [0.4, 0.5) is 0 Å². The molecule has 0 radical (unpaired) electrons. The second-order valence-electron chi connectivity index (χ2n) is 14.6. The van der Waals surface area contributed by atoms with E-state index in [4.69, 9.17) is 17.2 Å². The summed E-state index contributed by atoms with van der Waals surface area (Å²) < 4.78 is 0.964. The zero-order chi connectivity index (χ0) is 30.8. The van der Waals surface area contributed by atoms with Gasteiger partial charge in [-0.15, -0.1) is 0 Å². The fraction of sp³-hybridized carbons (Fsp3) is 0.275. The summed E-state index contributed by atoms with van der Waals surface area (Å²) in [4.78, 5) is 0. The van der Waals surface area contributed by atoms with Gasteiger partial charge in [0.2, 0.25) is 0 Å². The third kappa shape index (κ3) is 5.14. The Morgan fingerprint density at radius 1 is 0.628 bits per heavy atom. The number of rotatable bonds is 4. The van der Waals surface area contributed by atoms with Gasteiger partial charge in [-0.05, 0) is 0 Å². The monoisotopic (exact) mass is 772 g/mol.